The third kappa shape index (κ3) is 13.0. The molecule has 1 aromatic heterocycles. The van der Waals surface area contributed by atoms with Crippen LogP contribution in [-0.4, -0.2) is 118 Å². The number of carbonyl (C=O) groups is 5. The van der Waals surface area contributed by atoms with Gasteiger partial charge in [0.15, 0.2) is 0 Å². The van der Waals surface area contributed by atoms with Crippen molar-refractivity contribution in [2.45, 2.75) is 131 Å². The summed E-state index contributed by atoms with van der Waals surface area (Å²) in [5.74, 6) is -2.39. The number of carbonyl (C=O) groups excluding carboxylic acids is 5. The summed E-state index contributed by atoms with van der Waals surface area (Å²) in [7, 11) is 7.98. The van der Waals surface area contributed by atoms with Crippen LogP contribution in [0.3, 0.4) is 0 Å². The molecule has 286 valence electrons. The molecule has 0 saturated carbocycles. The molecule has 0 radical (unpaired) electrons. The van der Waals surface area contributed by atoms with Gasteiger partial charge in [0.1, 0.15) is 24.2 Å². The van der Waals surface area contributed by atoms with Crippen molar-refractivity contribution in [2.24, 2.45) is 30.7 Å². The van der Waals surface area contributed by atoms with E-state index in [-0.39, 0.29) is 29.6 Å². The van der Waals surface area contributed by atoms with Crippen molar-refractivity contribution >= 4 is 29.5 Å². The third-order valence-corrected chi connectivity index (χ3v) is 9.54. The van der Waals surface area contributed by atoms with Gasteiger partial charge in [-0.25, -0.2) is 0 Å². The molecule has 1 rings (SSSR count). The number of rotatable bonds is 21. The summed E-state index contributed by atoms with van der Waals surface area (Å²) in [6.07, 6.45) is 6.22. The van der Waals surface area contributed by atoms with Crippen LogP contribution < -0.4 is 10.6 Å². The van der Waals surface area contributed by atoms with Gasteiger partial charge < -0.3 is 30.4 Å². The number of hydrogen-bond acceptors (Lipinski definition) is 7. The molecule has 0 aliphatic rings. The minimum Gasteiger partial charge on any atom is -0.390 e. The SMILES string of the molecule is CC[C@H](NC(=O)[C@H]([C@H](O)[C@H](C)CCCc1cnn(C)c1)N(C)C(=O)[C@H](C(C)C)N(C)C(=O)[C@H](CC(C)C)N(C)C(=O)CCC(C)C)C(=O)NC. The van der Waals surface area contributed by atoms with Gasteiger partial charge in [-0.15, -0.1) is 0 Å². The highest BCUT2D eigenvalue weighted by Gasteiger charge is 2.43. The molecule has 0 aliphatic heterocycles. The zero-order valence-electron chi connectivity index (χ0n) is 33.0. The van der Waals surface area contributed by atoms with Crippen molar-refractivity contribution in [1.82, 2.24) is 35.1 Å². The molecule has 0 unspecified atom stereocenters. The summed E-state index contributed by atoms with van der Waals surface area (Å²) < 4.78 is 1.73. The molecule has 0 bridgehead atoms. The Morgan fingerprint density at radius 1 is 0.860 bits per heavy atom. The molecule has 0 spiro atoms. The van der Waals surface area contributed by atoms with Gasteiger partial charge in [-0.3, -0.25) is 28.7 Å². The van der Waals surface area contributed by atoms with Crippen LogP contribution in [0, 0.1) is 23.7 Å². The fraction of sp³-hybridized carbons (Fsp3) is 0.784. The van der Waals surface area contributed by atoms with E-state index in [1.54, 1.807) is 31.9 Å². The lowest BCUT2D eigenvalue weighted by Crippen LogP contribution is -2.63. The Bertz CT molecular complexity index is 1250. The van der Waals surface area contributed by atoms with Crippen LogP contribution in [0.2, 0.25) is 0 Å². The van der Waals surface area contributed by atoms with Crippen LogP contribution in [0.4, 0.5) is 0 Å². The molecule has 6 atom stereocenters. The standard InChI is InChI=1S/C37H67N7O6/c1-14-28(34(47)38-9)40-35(48)32(33(46)26(8)16-15-17-27-21-39-41(10)22-27)44(13)37(50)31(25(6)7)43(12)36(49)29(20-24(4)5)42(11)30(45)19-18-23(2)3/h21-26,28-29,31-33,46H,14-20H2,1-13H3,(H,38,47)(H,40,48)/t26-,28+,29+,31+,32+,33-/m1/s1. The van der Waals surface area contributed by atoms with Gasteiger partial charge in [-0.05, 0) is 67.8 Å². The van der Waals surface area contributed by atoms with Gasteiger partial charge in [0.05, 0.1) is 12.3 Å². The van der Waals surface area contributed by atoms with Crippen LogP contribution >= 0.6 is 0 Å². The molecule has 1 heterocycles. The second-order valence-corrected chi connectivity index (χ2v) is 15.1. The Morgan fingerprint density at radius 3 is 1.94 bits per heavy atom. The highest BCUT2D eigenvalue weighted by atomic mass is 16.3. The third-order valence-electron chi connectivity index (χ3n) is 9.54. The zero-order chi connectivity index (χ0) is 38.5. The molecule has 0 aromatic carbocycles. The second kappa shape index (κ2) is 21.0. The van der Waals surface area contributed by atoms with Crippen molar-refractivity contribution in [3.63, 3.8) is 0 Å². The van der Waals surface area contributed by atoms with Gasteiger partial charge >= 0.3 is 0 Å². The minimum atomic E-state index is -1.34. The molecule has 3 N–H and O–H groups in total. The first-order chi connectivity index (χ1) is 23.3. The molecule has 50 heavy (non-hydrogen) atoms. The fourth-order valence-electron chi connectivity index (χ4n) is 6.30. The highest BCUT2D eigenvalue weighted by Crippen LogP contribution is 2.24. The Morgan fingerprint density at radius 2 is 1.46 bits per heavy atom. The number of aromatic nitrogens is 2. The van der Waals surface area contributed by atoms with E-state index >= 15 is 0 Å². The maximum Gasteiger partial charge on any atom is 0.246 e. The number of aliphatic hydroxyl groups excluding tert-OH is 1. The number of nitrogens with zero attached hydrogens (tertiary/aromatic N) is 5. The zero-order valence-corrected chi connectivity index (χ0v) is 33.0. The molecule has 1 aromatic rings. The van der Waals surface area contributed by atoms with Crippen molar-refractivity contribution < 1.29 is 29.1 Å². The van der Waals surface area contributed by atoms with E-state index in [9.17, 15) is 29.1 Å². The van der Waals surface area contributed by atoms with Crippen molar-refractivity contribution in [1.29, 1.82) is 0 Å². The van der Waals surface area contributed by atoms with Crippen LogP contribution in [0.15, 0.2) is 12.4 Å². The summed E-state index contributed by atoms with van der Waals surface area (Å²) in [5.41, 5.74) is 1.06. The fourth-order valence-corrected chi connectivity index (χ4v) is 6.30. The molecule has 5 amide bonds. The summed E-state index contributed by atoms with van der Waals surface area (Å²) in [4.78, 5) is 72.4. The first kappa shape index (κ1) is 44.5. The van der Waals surface area contributed by atoms with Crippen molar-refractivity contribution in [3.05, 3.63) is 18.0 Å². The maximum absolute atomic E-state index is 14.4. The van der Waals surface area contributed by atoms with E-state index in [1.807, 2.05) is 61.7 Å². The van der Waals surface area contributed by atoms with Gasteiger partial charge in [0, 0.05) is 47.9 Å². The smallest absolute Gasteiger partial charge is 0.246 e. The Labute approximate surface area is 300 Å². The van der Waals surface area contributed by atoms with Crippen LogP contribution in [-0.2, 0) is 37.4 Å². The molecular weight excluding hydrogens is 638 g/mol. The number of nitrogens with one attached hydrogen (secondary N) is 2. The topological polar surface area (TPSA) is 157 Å². The second-order valence-electron chi connectivity index (χ2n) is 15.1. The van der Waals surface area contributed by atoms with Crippen molar-refractivity contribution in [3.8, 4) is 0 Å². The van der Waals surface area contributed by atoms with Crippen LogP contribution in [0.25, 0.3) is 0 Å². The lowest BCUT2D eigenvalue weighted by atomic mass is 9.90. The van der Waals surface area contributed by atoms with Gasteiger partial charge in [-0.2, -0.15) is 5.10 Å². The van der Waals surface area contributed by atoms with Crippen LogP contribution in [0.5, 0.6) is 0 Å². The quantitative estimate of drug-likeness (QED) is 0.178. The molecule has 0 saturated heterocycles. The van der Waals surface area contributed by atoms with E-state index in [1.165, 1.54) is 28.8 Å². The Balaban J connectivity index is 3.44. The molecule has 13 heteroatoms. The maximum atomic E-state index is 14.4. The highest BCUT2D eigenvalue weighted by molar-refractivity contribution is 5.95. The van der Waals surface area contributed by atoms with Crippen molar-refractivity contribution in [2.75, 3.05) is 28.2 Å². The van der Waals surface area contributed by atoms with E-state index < -0.39 is 48.0 Å². The minimum absolute atomic E-state index is 0.100. The van der Waals surface area contributed by atoms with E-state index in [2.05, 4.69) is 15.7 Å². The van der Waals surface area contributed by atoms with Gasteiger partial charge in [0.25, 0.3) is 0 Å². The molecule has 0 aliphatic carbocycles. The van der Waals surface area contributed by atoms with Gasteiger partial charge in [-0.1, -0.05) is 55.4 Å². The lowest BCUT2D eigenvalue weighted by Gasteiger charge is -2.41. The van der Waals surface area contributed by atoms with E-state index in [0.29, 0.717) is 38.0 Å². The number of likely N-dealkylation sites (N-methyl/N-ethyl adjacent to an activating group) is 4. The summed E-state index contributed by atoms with van der Waals surface area (Å²) in [5, 5.41) is 21.2. The normalized spacial score (nSPS) is 15.2. The summed E-state index contributed by atoms with van der Waals surface area (Å²) in [6.45, 7) is 15.3. The number of aliphatic hydroxyl groups is 1. The van der Waals surface area contributed by atoms with E-state index in [4.69, 9.17) is 0 Å². The molecular formula is C37H67N7O6. The van der Waals surface area contributed by atoms with Gasteiger partial charge in [0.2, 0.25) is 29.5 Å². The monoisotopic (exact) mass is 706 g/mol. The first-order valence-corrected chi connectivity index (χ1v) is 18.2. The summed E-state index contributed by atoms with van der Waals surface area (Å²) >= 11 is 0. The molecule has 13 nitrogen and oxygen atoms in total. The molecule has 0 fully saturated rings. The number of hydrogen-bond donors (Lipinski definition) is 3. The average molecular weight is 706 g/mol. The predicted molar refractivity (Wildman–Crippen MR) is 196 cm³/mol. The average Bonchev–Trinajstić information content (AvgIpc) is 3.47. The van der Waals surface area contributed by atoms with E-state index in [0.717, 1.165) is 18.4 Å². The number of amides is 5. The lowest BCUT2D eigenvalue weighted by molar-refractivity contribution is -0.156. The van der Waals surface area contributed by atoms with Crippen LogP contribution in [0.1, 0.15) is 99.5 Å². The Hall–Kier alpha value is -3.48. The Kier molecular flexibility index (Phi) is 18.7. The predicted octanol–water partition coefficient (Wildman–Crippen LogP) is 3.00. The first-order valence-electron chi connectivity index (χ1n) is 18.2. The summed E-state index contributed by atoms with van der Waals surface area (Å²) in [6, 6.07) is -3.98. The largest absolute Gasteiger partial charge is 0.390 e. The number of aryl methyl sites for hydroxylation is 2.